The van der Waals surface area contributed by atoms with Crippen LogP contribution in [0.15, 0.2) is 36.7 Å². The first-order valence-electron chi connectivity index (χ1n) is 7.83. The van der Waals surface area contributed by atoms with Crippen molar-refractivity contribution in [2.75, 3.05) is 5.32 Å². The molecule has 1 N–H and O–H groups in total. The Morgan fingerprint density at radius 1 is 1.27 bits per heavy atom. The maximum Gasteiger partial charge on any atom is 0.244 e. The molecule has 0 saturated heterocycles. The summed E-state index contributed by atoms with van der Waals surface area (Å²) in [5.74, 6) is -1.00. The number of benzene rings is 1. The van der Waals surface area contributed by atoms with Crippen molar-refractivity contribution in [3.05, 3.63) is 48.0 Å². The van der Waals surface area contributed by atoms with E-state index in [4.69, 9.17) is 10.5 Å². The lowest BCUT2D eigenvalue weighted by Gasteiger charge is -2.11. The lowest BCUT2D eigenvalue weighted by atomic mass is 10.1. The first kappa shape index (κ1) is 15.7. The maximum atomic E-state index is 14.0. The molecule has 1 saturated carbocycles. The standard InChI is InChI=1S/C18H11FN6O/c19-14-5-11(1-2-12(14)8-20)15-6-13(7-16-22-10-23-25(15)16)24-17(26)18(9-21)3-4-18/h1-2,5-7,10H,3-4H2,(H,24,26). The van der Waals surface area contributed by atoms with Crippen molar-refractivity contribution in [3.63, 3.8) is 0 Å². The highest BCUT2D eigenvalue weighted by molar-refractivity contribution is 5.99. The molecule has 3 aromatic rings. The molecule has 0 radical (unpaired) electrons. The van der Waals surface area contributed by atoms with Crippen molar-refractivity contribution in [2.45, 2.75) is 12.8 Å². The van der Waals surface area contributed by atoms with Gasteiger partial charge in [-0.1, -0.05) is 6.07 Å². The third-order valence-electron chi connectivity index (χ3n) is 4.42. The molecule has 0 atom stereocenters. The SMILES string of the molecule is N#Cc1ccc(-c2cc(NC(=O)C3(C#N)CC3)cc3ncnn23)cc1F. The van der Waals surface area contributed by atoms with Crippen LogP contribution in [0.1, 0.15) is 18.4 Å². The van der Waals surface area contributed by atoms with Crippen molar-refractivity contribution in [1.29, 1.82) is 10.5 Å². The zero-order valence-electron chi connectivity index (χ0n) is 13.4. The largest absolute Gasteiger partial charge is 0.324 e. The Kier molecular flexibility index (Phi) is 3.41. The fourth-order valence-corrected chi connectivity index (χ4v) is 2.73. The Bertz CT molecular complexity index is 1130. The van der Waals surface area contributed by atoms with E-state index < -0.39 is 11.2 Å². The summed E-state index contributed by atoms with van der Waals surface area (Å²) in [4.78, 5) is 16.4. The third-order valence-corrected chi connectivity index (χ3v) is 4.42. The number of anilines is 1. The number of nitriles is 2. The molecule has 0 unspecified atom stereocenters. The van der Waals surface area contributed by atoms with E-state index in [1.807, 2.05) is 6.07 Å². The van der Waals surface area contributed by atoms with Crippen LogP contribution in [0.3, 0.4) is 0 Å². The average molecular weight is 346 g/mol. The lowest BCUT2D eigenvalue weighted by Crippen LogP contribution is -2.22. The number of pyridine rings is 1. The highest BCUT2D eigenvalue weighted by Gasteiger charge is 2.50. The number of rotatable bonds is 3. The molecule has 8 heteroatoms. The Morgan fingerprint density at radius 3 is 2.73 bits per heavy atom. The van der Waals surface area contributed by atoms with Gasteiger partial charge in [0, 0.05) is 17.3 Å². The van der Waals surface area contributed by atoms with Gasteiger partial charge in [0.2, 0.25) is 5.91 Å². The molecule has 126 valence electrons. The molecule has 0 aliphatic heterocycles. The number of hydrogen-bond donors (Lipinski definition) is 1. The molecule has 1 aliphatic rings. The van der Waals surface area contributed by atoms with E-state index in [0.29, 0.717) is 35.4 Å². The number of aromatic nitrogens is 3. The monoisotopic (exact) mass is 346 g/mol. The summed E-state index contributed by atoms with van der Waals surface area (Å²) in [5, 5.41) is 24.9. The van der Waals surface area contributed by atoms with Crippen molar-refractivity contribution < 1.29 is 9.18 Å². The van der Waals surface area contributed by atoms with E-state index in [2.05, 4.69) is 15.4 Å². The van der Waals surface area contributed by atoms with Crippen LogP contribution in [0.2, 0.25) is 0 Å². The molecule has 1 amide bonds. The fraction of sp³-hybridized carbons (Fsp3) is 0.167. The number of nitrogens with one attached hydrogen (secondary N) is 1. The molecule has 0 bridgehead atoms. The first-order valence-corrected chi connectivity index (χ1v) is 7.83. The molecule has 2 aromatic heterocycles. The summed E-state index contributed by atoms with van der Waals surface area (Å²) in [7, 11) is 0. The van der Waals surface area contributed by atoms with Crippen molar-refractivity contribution in [2.24, 2.45) is 5.41 Å². The second-order valence-corrected chi connectivity index (χ2v) is 6.11. The molecule has 7 nitrogen and oxygen atoms in total. The number of nitrogens with zero attached hydrogens (tertiary/aromatic N) is 5. The number of carbonyl (C=O) groups excluding carboxylic acids is 1. The summed E-state index contributed by atoms with van der Waals surface area (Å²) >= 11 is 0. The first-order chi connectivity index (χ1) is 12.6. The molecular formula is C18H11FN6O. The van der Waals surface area contributed by atoms with E-state index in [1.54, 1.807) is 24.3 Å². The summed E-state index contributed by atoms with van der Waals surface area (Å²) < 4.78 is 15.5. The molecule has 2 heterocycles. The van der Waals surface area contributed by atoms with Gasteiger partial charge in [0.15, 0.2) is 5.65 Å². The molecule has 1 fully saturated rings. The number of halogens is 1. The highest BCUT2D eigenvalue weighted by Crippen LogP contribution is 2.45. The zero-order chi connectivity index (χ0) is 18.3. The van der Waals surface area contributed by atoms with Crippen LogP contribution >= 0.6 is 0 Å². The smallest absolute Gasteiger partial charge is 0.244 e. The normalized spacial score (nSPS) is 14.4. The van der Waals surface area contributed by atoms with Crippen molar-refractivity contribution in [3.8, 4) is 23.4 Å². The molecule has 26 heavy (non-hydrogen) atoms. The van der Waals surface area contributed by atoms with Gasteiger partial charge in [0.25, 0.3) is 0 Å². The summed E-state index contributed by atoms with van der Waals surface area (Å²) in [6.07, 6.45) is 2.43. The van der Waals surface area contributed by atoms with Crippen LogP contribution in [0, 0.1) is 33.9 Å². The van der Waals surface area contributed by atoms with E-state index >= 15 is 0 Å². The van der Waals surface area contributed by atoms with Crippen molar-refractivity contribution >= 4 is 17.2 Å². The second kappa shape index (κ2) is 5.64. The quantitative estimate of drug-likeness (QED) is 0.784. The average Bonchev–Trinajstić information content (AvgIpc) is 3.31. The Balaban J connectivity index is 1.79. The second-order valence-electron chi connectivity index (χ2n) is 6.11. The number of fused-ring (bicyclic) bond motifs is 1. The zero-order valence-corrected chi connectivity index (χ0v) is 13.4. The van der Waals surface area contributed by atoms with Gasteiger partial charge in [-0.25, -0.2) is 13.9 Å². The van der Waals surface area contributed by atoms with E-state index in [-0.39, 0.29) is 11.5 Å². The van der Waals surface area contributed by atoms with Crippen LogP contribution in [0.25, 0.3) is 16.9 Å². The van der Waals surface area contributed by atoms with Crippen LogP contribution in [0.5, 0.6) is 0 Å². The maximum absolute atomic E-state index is 14.0. The van der Waals surface area contributed by atoms with Crippen LogP contribution in [0.4, 0.5) is 10.1 Å². The number of hydrogen-bond acceptors (Lipinski definition) is 5. The van der Waals surface area contributed by atoms with Gasteiger partial charge in [0.1, 0.15) is 23.6 Å². The van der Waals surface area contributed by atoms with Crippen LogP contribution in [-0.2, 0) is 4.79 Å². The molecule has 1 aromatic carbocycles. The summed E-state index contributed by atoms with van der Waals surface area (Å²) in [6, 6.07) is 11.3. The minimum atomic E-state index is -0.958. The number of amides is 1. The molecule has 4 rings (SSSR count). The summed E-state index contributed by atoms with van der Waals surface area (Å²) in [6.45, 7) is 0. The minimum absolute atomic E-state index is 0.0577. The van der Waals surface area contributed by atoms with Crippen LogP contribution < -0.4 is 5.32 Å². The van der Waals surface area contributed by atoms with Crippen LogP contribution in [-0.4, -0.2) is 20.5 Å². The van der Waals surface area contributed by atoms with Gasteiger partial charge >= 0.3 is 0 Å². The van der Waals surface area contributed by atoms with E-state index in [9.17, 15) is 9.18 Å². The third kappa shape index (κ3) is 2.45. The Hall–Kier alpha value is -3.78. The van der Waals surface area contributed by atoms with Gasteiger partial charge in [-0.05, 0) is 31.0 Å². The van der Waals surface area contributed by atoms with Gasteiger partial charge in [-0.15, -0.1) is 0 Å². The molecule has 0 spiro atoms. The van der Waals surface area contributed by atoms with Crippen molar-refractivity contribution in [1.82, 2.24) is 14.6 Å². The van der Waals surface area contributed by atoms with Gasteiger partial charge in [0.05, 0.1) is 17.3 Å². The molecular weight excluding hydrogens is 335 g/mol. The van der Waals surface area contributed by atoms with Gasteiger partial charge < -0.3 is 5.32 Å². The highest BCUT2D eigenvalue weighted by atomic mass is 19.1. The topological polar surface area (TPSA) is 107 Å². The Morgan fingerprint density at radius 2 is 2.08 bits per heavy atom. The Labute approximate surface area is 147 Å². The van der Waals surface area contributed by atoms with Gasteiger partial charge in [-0.2, -0.15) is 15.6 Å². The number of carbonyl (C=O) groups is 1. The fourth-order valence-electron chi connectivity index (χ4n) is 2.73. The van der Waals surface area contributed by atoms with E-state index in [0.717, 1.165) is 0 Å². The van der Waals surface area contributed by atoms with E-state index in [1.165, 1.54) is 23.0 Å². The minimum Gasteiger partial charge on any atom is -0.324 e. The predicted molar refractivity (Wildman–Crippen MR) is 89.0 cm³/mol. The predicted octanol–water partition coefficient (Wildman–Crippen LogP) is 2.65. The molecule has 1 aliphatic carbocycles. The summed E-state index contributed by atoms with van der Waals surface area (Å²) in [5.41, 5.74) is 0.870. The lowest BCUT2D eigenvalue weighted by molar-refractivity contribution is -0.119. The van der Waals surface area contributed by atoms with Gasteiger partial charge in [-0.3, -0.25) is 4.79 Å².